The van der Waals surface area contributed by atoms with Crippen molar-refractivity contribution in [1.82, 2.24) is 4.31 Å². The summed E-state index contributed by atoms with van der Waals surface area (Å²) in [6.45, 7) is 3.97. The van der Waals surface area contributed by atoms with Crippen molar-refractivity contribution < 1.29 is 18.3 Å². The first-order valence-corrected chi connectivity index (χ1v) is 9.63. The van der Waals surface area contributed by atoms with Crippen LogP contribution in [0.15, 0.2) is 53.4 Å². The fourth-order valence-corrected chi connectivity index (χ4v) is 5.08. The van der Waals surface area contributed by atoms with Crippen LogP contribution in [0.1, 0.15) is 29.2 Å². The third kappa shape index (κ3) is 3.19. The molecule has 0 aliphatic carbocycles. The highest BCUT2D eigenvalue weighted by Gasteiger charge is 2.46. The summed E-state index contributed by atoms with van der Waals surface area (Å²) < 4.78 is 27.6. The molecule has 0 bridgehead atoms. The Kier molecular flexibility index (Phi) is 4.67. The molecule has 1 aliphatic rings. The van der Waals surface area contributed by atoms with Crippen LogP contribution in [0.4, 0.5) is 0 Å². The number of nitrogens with zero attached hydrogens (tertiary/aromatic N) is 1. The lowest BCUT2D eigenvalue weighted by molar-refractivity contribution is -0.142. The largest absolute Gasteiger partial charge is 0.481 e. The summed E-state index contributed by atoms with van der Waals surface area (Å²) in [6.07, 6.45) is 0.305. The van der Waals surface area contributed by atoms with Crippen molar-refractivity contribution in [1.29, 1.82) is 0 Å². The molecule has 1 N–H and O–H groups in total. The van der Waals surface area contributed by atoms with Gasteiger partial charge in [0, 0.05) is 6.54 Å². The van der Waals surface area contributed by atoms with Crippen LogP contribution in [0.3, 0.4) is 0 Å². The van der Waals surface area contributed by atoms with Gasteiger partial charge in [-0.15, -0.1) is 0 Å². The van der Waals surface area contributed by atoms with Crippen molar-refractivity contribution in [3.05, 3.63) is 65.2 Å². The Bertz CT molecular complexity index is 890. The lowest BCUT2D eigenvalue weighted by atomic mass is 9.91. The minimum absolute atomic E-state index is 0.197. The quantitative estimate of drug-likeness (QED) is 0.910. The molecule has 1 heterocycles. The summed E-state index contributed by atoms with van der Waals surface area (Å²) in [5, 5.41) is 9.60. The summed E-state index contributed by atoms with van der Waals surface area (Å²) in [4.78, 5) is 11.9. The summed E-state index contributed by atoms with van der Waals surface area (Å²) in [5.74, 6) is -1.71. The van der Waals surface area contributed by atoms with Gasteiger partial charge in [0.25, 0.3) is 0 Å². The molecular formula is C19H21NO4S. The monoisotopic (exact) mass is 359 g/mol. The number of aliphatic carboxylic acids is 1. The normalized spacial score (nSPS) is 21.4. The molecule has 3 rings (SSSR count). The molecule has 0 amide bonds. The lowest BCUT2D eigenvalue weighted by Gasteiger charge is -2.28. The zero-order chi connectivity index (χ0) is 18.2. The highest BCUT2D eigenvalue weighted by atomic mass is 32.2. The van der Waals surface area contributed by atoms with Gasteiger partial charge in [-0.05, 0) is 43.5 Å². The molecule has 0 spiro atoms. The van der Waals surface area contributed by atoms with Gasteiger partial charge >= 0.3 is 5.97 Å². The Morgan fingerprint density at radius 1 is 1.08 bits per heavy atom. The smallest absolute Gasteiger partial charge is 0.308 e. The Morgan fingerprint density at radius 2 is 1.72 bits per heavy atom. The van der Waals surface area contributed by atoms with Crippen molar-refractivity contribution in [2.75, 3.05) is 6.54 Å². The molecule has 1 saturated heterocycles. The lowest BCUT2D eigenvalue weighted by Crippen LogP contribution is -2.34. The minimum Gasteiger partial charge on any atom is -0.481 e. The van der Waals surface area contributed by atoms with Crippen LogP contribution in [0, 0.1) is 19.8 Å². The van der Waals surface area contributed by atoms with E-state index in [1.807, 2.05) is 38.1 Å². The maximum absolute atomic E-state index is 13.1. The Balaban J connectivity index is 2.09. The highest BCUT2D eigenvalue weighted by Crippen LogP contribution is 2.42. The van der Waals surface area contributed by atoms with Crippen molar-refractivity contribution in [3.63, 3.8) is 0 Å². The molecule has 2 atom stereocenters. The van der Waals surface area contributed by atoms with Gasteiger partial charge in [0.1, 0.15) is 0 Å². The molecule has 132 valence electrons. The van der Waals surface area contributed by atoms with Gasteiger partial charge < -0.3 is 5.11 Å². The van der Waals surface area contributed by atoms with E-state index in [-0.39, 0.29) is 11.4 Å². The molecule has 1 aliphatic heterocycles. The number of rotatable bonds is 4. The van der Waals surface area contributed by atoms with E-state index in [1.54, 1.807) is 24.3 Å². The van der Waals surface area contributed by atoms with Gasteiger partial charge in [-0.2, -0.15) is 4.31 Å². The molecule has 5 nitrogen and oxygen atoms in total. The second-order valence-corrected chi connectivity index (χ2v) is 8.35. The van der Waals surface area contributed by atoms with Crippen molar-refractivity contribution in [3.8, 4) is 0 Å². The fraction of sp³-hybridized carbons (Fsp3) is 0.316. The van der Waals surface area contributed by atoms with Gasteiger partial charge in [0.2, 0.25) is 10.0 Å². The van der Waals surface area contributed by atoms with E-state index < -0.39 is 28.0 Å². The number of hydrogen-bond donors (Lipinski definition) is 1. The molecule has 1 unspecified atom stereocenters. The van der Waals surface area contributed by atoms with Crippen molar-refractivity contribution in [2.45, 2.75) is 31.2 Å². The first-order chi connectivity index (χ1) is 11.8. The third-order valence-corrected chi connectivity index (χ3v) is 6.70. The van der Waals surface area contributed by atoms with E-state index in [4.69, 9.17) is 0 Å². The molecule has 2 aromatic carbocycles. The van der Waals surface area contributed by atoms with E-state index in [1.165, 1.54) is 4.31 Å². The molecule has 0 aromatic heterocycles. The van der Waals surface area contributed by atoms with Crippen LogP contribution in [-0.2, 0) is 14.8 Å². The first kappa shape index (κ1) is 17.6. The Morgan fingerprint density at radius 3 is 2.32 bits per heavy atom. The van der Waals surface area contributed by atoms with Crippen LogP contribution < -0.4 is 0 Å². The zero-order valence-corrected chi connectivity index (χ0v) is 15.0. The second kappa shape index (κ2) is 6.61. The molecule has 2 aromatic rings. The van der Waals surface area contributed by atoms with Crippen molar-refractivity contribution >= 4 is 16.0 Å². The van der Waals surface area contributed by atoms with E-state index in [2.05, 4.69) is 0 Å². The van der Waals surface area contributed by atoms with Gasteiger partial charge in [0.05, 0.1) is 16.9 Å². The van der Waals surface area contributed by atoms with Crippen molar-refractivity contribution in [2.24, 2.45) is 5.92 Å². The molecule has 6 heteroatoms. The number of hydrogen-bond acceptors (Lipinski definition) is 3. The van der Waals surface area contributed by atoms with Crippen LogP contribution in [0.25, 0.3) is 0 Å². The average molecular weight is 359 g/mol. The number of aryl methyl sites for hydroxylation is 2. The third-order valence-electron chi connectivity index (χ3n) is 4.80. The van der Waals surface area contributed by atoms with Crippen LogP contribution in [-0.4, -0.2) is 30.3 Å². The predicted molar refractivity (Wildman–Crippen MR) is 94.7 cm³/mol. The SMILES string of the molecule is Cc1ccc(S(=O)(=O)N2CCC(C(=O)O)[C@@H]2c2ccccc2C)cc1. The summed E-state index contributed by atoms with van der Waals surface area (Å²) >= 11 is 0. The minimum atomic E-state index is -3.77. The maximum atomic E-state index is 13.1. The van der Waals surface area contributed by atoms with Crippen LogP contribution in [0.2, 0.25) is 0 Å². The molecular weight excluding hydrogens is 338 g/mol. The topological polar surface area (TPSA) is 74.7 Å². The van der Waals surface area contributed by atoms with Gasteiger partial charge in [-0.25, -0.2) is 8.42 Å². The number of benzene rings is 2. The van der Waals surface area contributed by atoms with Gasteiger partial charge in [0.15, 0.2) is 0 Å². The van der Waals surface area contributed by atoms with Crippen LogP contribution >= 0.6 is 0 Å². The summed E-state index contributed by atoms with van der Waals surface area (Å²) in [6, 6.07) is 13.3. The fourth-order valence-electron chi connectivity index (χ4n) is 3.43. The van der Waals surface area contributed by atoms with Gasteiger partial charge in [-0.3, -0.25) is 4.79 Å². The number of carboxylic acids is 1. The Labute approximate surface area is 148 Å². The number of sulfonamides is 1. The molecule has 0 saturated carbocycles. The summed E-state index contributed by atoms with van der Waals surface area (Å²) in [5.41, 5.74) is 2.62. The second-order valence-electron chi connectivity index (χ2n) is 6.46. The van der Waals surface area contributed by atoms with E-state index >= 15 is 0 Å². The van der Waals surface area contributed by atoms with Gasteiger partial charge in [-0.1, -0.05) is 42.0 Å². The average Bonchev–Trinajstić information content (AvgIpc) is 3.01. The molecule has 0 radical (unpaired) electrons. The van der Waals surface area contributed by atoms with E-state index in [9.17, 15) is 18.3 Å². The highest BCUT2D eigenvalue weighted by molar-refractivity contribution is 7.89. The van der Waals surface area contributed by atoms with E-state index in [0.717, 1.165) is 16.7 Å². The standard InChI is InChI=1S/C19H21NO4S/c1-13-7-9-15(10-8-13)25(23,24)20-12-11-17(19(21)22)18(20)16-6-4-3-5-14(16)2/h3-10,17-18H,11-12H2,1-2H3,(H,21,22)/t17?,18-/m0/s1. The number of carbonyl (C=O) groups is 1. The first-order valence-electron chi connectivity index (χ1n) is 8.19. The summed E-state index contributed by atoms with van der Waals surface area (Å²) in [7, 11) is -3.77. The molecule has 1 fully saturated rings. The maximum Gasteiger partial charge on any atom is 0.308 e. The number of carboxylic acid groups (broad SMARTS) is 1. The van der Waals surface area contributed by atoms with Crippen LogP contribution in [0.5, 0.6) is 0 Å². The zero-order valence-electron chi connectivity index (χ0n) is 14.2. The Hall–Kier alpha value is -2.18. The van der Waals surface area contributed by atoms with E-state index in [0.29, 0.717) is 6.42 Å². The predicted octanol–water partition coefficient (Wildman–Crippen LogP) is 3.14. The molecule has 25 heavy (non-hydrogen) atoms.